The molecule has 1 aromatic rings. The molecule has 3 rings (SSSR count). The van der Waals surface area contributed by atoms with E-state index in [1.165, 1.54) is 29.8 Å². The van der Waals surface area contributed by atoms with Gasteiger partial charge < -0.3 is 19.3 Å². The van der Waals surface area contributed by atoms with Crippen molar-refractivity contribution in [3.05, 3.63) is 41.7 Å². The van der Waals surface area contributed by atoms with Crippen LogP contribution in [0.15, 0.2) is 36.1 Å². The highest BCUT2D eigenvalue weighted by molar-refractivity contribution is 7.86. The zero-order valence-corrected chi connectivity index (χ0v) is 21.9. The smallest absolute Gasteiger partial charge is 0.410 e. The number of hydrogen-bond acceptors (Lipinski definition) is 7. The van der Waals surface area contributed by atoms with Gasteiger partial charge in [0.1, 0.15) is 5.75 Å². The largest absolute Gasteiger partial charge is 0.513 e. The number of methoxy groups -OCH3 is 2. The van der Waals surface area contributed by atoms with E-state index >= 15 is 0 Å². The number of hydrogen-bond donors (Lipinski definition) is 1. The molecule has 1 saturated heterocycles. The number of carbonyl (C=O) groups is 1. The summed E-state index contributed by atoms with van der Waals surface area (Å²) in [6.45, 7) is 2.18. The number of aliphatic hydroxyl groups excluding tert-OH is 1. The van der Waals surface area contributed by atoms with Crippen LogP contribution in [0.4, 0.5) is 4.79 Å². The van der Waals surface area contributed by atoms with Crippen molar-refractivity contribution in [2.45, 2.75) is 63.4 Å². The van der Waals surface area contributed by atoms with Crippen molar-refractivity contribution in [3.8, 4) is 5.75 Å². The predicted molar refractivity (Wildman–Crippen MR) is 131 cm³/mol. The first-order valence-corrected chi connectivity index (χ1v) is 13.2. The maximum atomic E-state index is 13.5. The molecule has 35 heavy (non-hydrogen) atoms. The molecule has 0 spiro atoms. The fraction of sp³-hybridized carbons (Fsp3) is 0.625. The van der Waals surface area contributed by atoms with Crippen LogP contribution < -0.4 is 4.74 Å². The van der Waals surface area contributed by atoms with Gasteiger partial charge in [-0.05, 0) is 50.0 Å². The lowest BCUT2D eigenvalue weighted by Crippen LogP contribution is -2.53. The minimum atomic E-state index is -3.84. The van der Waals surface area contributed by atoms with Gasteiger partial charge in [-0.15, -0.1) is 0 Å². The fourth-order valence-corrected chi connectivity index (χ4v) is 6.03. The minimum absolute atomic E-state index is 0.109. The Balaban J connectivity index is 1.92. The van der Waals surface area contributed by atoms with Gasteiger partial charge in [-0.25, -0.2) is 4.79 Å². The molecule has 4 atom stereocenters. The molecule has 1 amide bonds. The van der Waals surface area contributed by atoms with Crippen molar-refractivity contribution in [2.24, 2.45) is 0 Å². The summed E-state index contributed by atoms with van der Waals surface area (Å²) in [4.78, 5) is 14.3. The Hall–Kier alpha value is -2.34. The molecule has 0 aromatic heterocycles. The van der Waals surface area contributed by atoms with Crippen molar-refractivity contribution in [1.29, 1.82) is 0 Å². The quantitative estimate of drug-likeness (QED) is 0.543. The topological polar surface area (TPSA) is 109 Å². The highest BCUT2D eigenvalue weighted by atomic mass is 32.2. The summed E-state index contributed by atoms with van der Waals surface area (Å²) in [5.74, 6) is 1.04. The van der Waals surface area contributed by atoms with E-state index in [2.05, 4.69) is 0 Å². The normalized spacial score (nSPS) is 25.1. The number of carbonyl (C=O) groups excluding carboxylic acids is 1. The lowest BCUT2D eigenvalue weighted by atomic mass is 10.0. The summed E-state index contributed by atoms with van der Waals surface area (Å²) in [6, 6.07) is 5.95. The maximum absolute atomic E-state index is 13.5. The number of nitrogens with zero attached hydrogens (tertiary/aromatic N) is 3. The molecule has 1 aromatic carbocycles. The van der Waals surface area contributed by atoms with E-state index < -0.39 is 28.4 Å². The number of amides is 1. The molecule has 1 fully saturated rings. The van der Waals surface area contributed by atoms with Gasteiger partial charge in [-0.3, -0.25) is 4.90 Å². The molecule has 1 aliphatic heterocycles. The molecule has 196 valence electrons. The van der Waals surface area contributed by atoms with Crippen molar-refractivity contribution >= 4 is 16.3 Å². The van der Waals surface area contributed by atoms with E-state index in [0.29, 0.717) is 37.2 Å². The second-order valence-corrected chi connectivity index (χ2v) is 11.3. The number of ether oxygens (including phenoxy) is 3. The van der Waals surface area contributed by atoms with E-state index in [4.69, 9.17) is 14.2 Å². The van der Waals surface area contributed by atoms with Gasteiger partial charge in [0.05, 0.1) is 44.8 Å². The number of likely N-dealkylation sites (tertiary alicyclic amines) is 1. The van der Waals surface area contributed by atoms with Gasteiger partial charge in [-0.1, -0.05) is 12.1 Å². The van der Waals surface area contributed by atoms with Crippen LogP contribution in [0.1, 0.15) is 38.2 Å². The highest BCUT2D eigenvalue weighted by Gasteiger charge is 2.48. The minimum Gasteiger partial charge on any atom is -0.513 e. The van der Waals surface area contributed by atoms with E-state index in [1.807, 2.05) is 19.1 Å². The second-order valence-electron chi connectivity index (χ2n) is 9.21. The lowest BCUT2D eigenvalue weighted by molar-refractivity contribution is -0.00283. The van der Waals surface area contributed by atoms with Gasteiger partial charge in [0.25, 0.3) is 10.2 Å². The number of aliphatic hydroxyl groups is 1. The Kier molecular flexibility index (Phi) is 9.03. The highest BCUT2D eigenvalue weighted by Crippen LogP contribution is 2.33. The summed E-state index contributed by atoms with van der Waals surface area (Å²) in [7, 11) is 2.05. The third kappa shape index (κ3) is 6.27. The third-order valence-electron chi connectivity index (χ3n) is 6.71. The Bertz CT molecular complexity index is 997. The van der Waals surface area contributed by atoms with Crippen LogP contribution in [-0.2, 0) is 26.2 Å². The zero-order chi connectivity index (χ0) is 25.8. The summed E-state index contributed by atoms with van der Waals surface area (Å²) >= 11 is 0. The monoisotopic (exact) mass is 511 g/mol. The fourth-order valence-electron chi connectivity index (χ4n) is 4.73. The van der Waals surface area contributed by atoms with Crippen LogP contribution in [0.25, 0.3) is 0 Å². The molecule has 0 saturated carbocycles. The van der Waals surface area contributed by atoms with Crippen LogP contribution in [0.5, 0.6) is 5.75 Å². The summed E-state index contributed by atoms with van der Waals surface area (Å²) in [6.07, 6.45) is 3.34. The Morgan fingerprint density at radius 1 is 1.20 bits per heavy atom. The van der Waals surface area contributed by atoms with Crippen LogP contribution in [0.2, 0.25) is 0 Å². The van der Waals surface area contributed by atoms with Crippen molar-refractivity contribution in [2.75, 3.05) is 34.9 Å². The Morgan fingerprint density at radius 3 is 2.43 bits per heavy atom. The average Bonchev–Trinajstić information content (AvgIpc) is 3.17. The first-order chi connectivity index (χ1) is 16.6. The SMILES string of the molecule is COC(=O)N1[C@H](C)C[C@H](N(Cc2ccc(OC)cc2)S(=O)(=O)N(C)C)[C@@H]1CO[C@@H]1CC=C(O)CC1. The molecule has 0 radical (unpaired) electrons. The summed E-state index contributed by atoms with van der Waals surface area (Å²) in [5, 5.41) is 9.67. The van der Waals surface area contributed by atoms with Crippen LogP contribution in [0.3, 0.4) is 0 Å². The van der Waals surface area contributed by atoms with Crippen LogP contribution >= 0.6 is 0 Å². The van der Waals surface area contributed by atoms with Crippen molar-refractivity contribution < 1.29 is 32.5 Å². The van der Waals surface area contributed by atoms with Gasteiger partial charge in [-0.2, -0.15) is 17.0 Å². The zero-order valence-electron chi connectivity index (χ0n) is 21.1. The number of benzene rings is 1. The molecule has 0 unspecified atom stereocenters. The molecular formula is C24H37N3O7S. The van der Waals surface area contributed by atoms with Gasteiger partial charge in [0.2, 0.25) is 0 Å². The van der Waals surface area contributed by atoms with Gasteiger partial charge in [0.15, 0.2) is 0 Å². The lowest BCUT2D eigenvalue weighted by Gasteiger charge is -2.36. The summed E-state index contributed by atoms with van der Waals surface area (Å²) < 4.78 is 46.1. The van der Waals surface area contributed by atoms with E-state index in [9.17, 15) is 18.3 Å². The molecule has 0 bridgehead atoms. The standard InChI is InChI=1S/C24H37N3O7S/c1-17-14-22(23(27(17)24(29)33-5)16-34-21-12-8-19(28)9-13-21)26(35(30,31)25(2)3)15-18-6-10-20(32-4)11-7-18/h6-8,10-11,17,21-23,28H,9,12-16H2,1-5H3/t17-,21-,22+,23+/m1/s1. The Morgan fingerprint density at radius 2 is 1.89 bits per heavy atom. The number of rotatable bonds is 9. The molecule has 10 nitrogen and oxygen atoms in total. The maximum Gasteiger partial charge on any atom is 0.410 e. The average molecular weight is 512 g/mol. The van der Waals surface area contributed by atoms with E-state index in [0.717, 1.165) is 5.56 Å². The van der Waals surface area contributed by atoms with E-state index in [1.54, 1.807) is 30.2 Å². The van der Waals surface area contributed by atoms with Gasteiger partial charge in [0, 0.05) is 33.1 Å². The van der Waals surface area contributed by atoms with Crippen molar-refractivity contribution in [3.63, 3.8) is 0 Å². The van der Waals surface area contributed by atoms with Crippen LogP contribution in [-0.4, -0.2) is 92.3 Å². The second kappa shape index (κ2) is 11.6. The molecule has 2 aliphatic rings. The first kappa shape index (κ1) is 27.3. The van der Waals surface area contributed by atoms with E-state index in [-0.39, 0.29) is 25.3 Å². The van der Waals surface area contributed by atoms with Gasteiger partial charge >= 0.3 is 6.09 Å². The first-order valence-electron chi connectivity index (χ1n) is 11.8. The third-order valence-corrected chi connectivity index (χ3v) is 8.63. The molecule has 11 heteroatoms. The molecular weight excluding hydrogens is 474 g/mol. The van der Waals surface area contributed by atoms with Crippen LogP contribution in [0, 0.1) is 0 Å². The Labute approximate surface area is 208 Å². The summed E-state index contributed by atoms with van der Waals surface area (Å²) in [5.41, 5.74) is 0.799. The molecule has 1 aliphatic carbocycles. The number of allylic oxidation sites excluding steroid dienone is 1. The molecule has 1 heterocycles. The molecule has 1 N–H and O–H groups in total. The van der Waals surface area contributed by atoms with Crippen molar-refractivity contribution in [1.82, 2.24) is 13.5 Å². The predicted octanol–water partition coefficient (Wildman–Crippen LogP) is 2.91.